The predicted molar refractivity (Wildman–Crippen MR) is 70.8 cm³/mol. The number of ether oxygens (including phenoxy) is 1. The van der Waals surface area contributed by atoms with Gasteiger partial charge in [-0.15, -0.1) is 0 Å². The summed E-state index contributed by atoms with van der Waals surface area (Å²) in [7, 11) is 0. The summed E-state index contributed by atoms with van der Waals surface area (Å²) in [6.45, 7) is 5.04. The number of rotatable bonds is 4. The van der Waals surface area contributed by atoms with Crippen LogP contribution in [-0.4, -0.2) is 13.2 Å². The largest absolute Gasteiger partial charge is 0.379 e. The number of hydrogen-bond acceptors (Lipinski definition) is 2. The molecule has 111 valence electrons. The Labute approximate surface area is 117 Å². The maximum atomic E-state index is 14.0. The molecule has 1 aromatic rings. The standard InChI is InChI=1S/C15H19F3NO/c1-9-6-11(8-20-7-9)19-10(2)12-4-3-5-13(14(12)16)15(17)18/h3-5,9-10,15,19H,6-8H2,1-2H3/t9-,10?/m1/s1. The second kappa shape index (κ2) is 6.59. The summed E-state index contributed by atoms with van der Waals surface area (Å²) in [6, 6.07) is 4.74. The van der Waals surface area contributed by atoms with E-state index in [1.165, 1.54) is 12.1 Å². The molecule has 1 aromatic carbocycles. The third-order valence-electron chi connectivity index (χ3n) is 3.45. The molecule has 1 fully saturated rings. The van der Waals surface area contributed by atoms with Crippen LogP contribution in [0.4, 0.5) is 13.2 Å². The van der Waals surface area contributed by atoms with Crippen molar-refractivity contribution in [3.05, 3.63) is 41.2 Å². The fraction of sp³-hybridized carbons (Fsp3) is 0.533. The van der Waals surface area contributed by atoms with Gasteiger partial charge < -0.3 is 10.1 Å². The van der Waals surface area contributed by atoms with Crippen LogP contribution in [0.5, 0.6) is 0 Å². The van der Waals surface area contributed by atoms with Gasteiger partial charge in [0.05, 0.1) is 18.2 Å². The lowest BCUT2D eigenvalue weighted by Crippen LogP contribution is -2.34. The van der Waals surface area contributed by atoms with Gasteiger partial charge in [0.2, 0.25) is 0 Å². The van der Waals surface area contributed by atoms with E-state index in [0.29, 0.717) is 12.5 Å². The Morgan fingerprint density at radius 3 is 2.65 bits per heavy atom. The van der Waals surface area contributed by atoms with Crippen LogP contribution in [0.15, 0.2) is 18.2 Å². The molecule has 1 unspecified atom stereocenters. The first-order valence-electron chi connectivity index (χ1n) is 6.74. The summed E-state index contributed by atoms with van der Waals surface area (Å²) in [5, 5.41) is 3.18. The average Bonchev–Trinajstić information content (AvgIpc) is 2.38. The van der Waals surface area contributed by atoms with Crippen LogP contribution in [0.1, 0.15) is 43.9 Å². The zero-order valence-corrected chi connectivity index (χ0v) is 11.6. The summed E-state index contributed by atoms with van der Waals surface area (Å²) in [5.41, 5.74) is -0.289. The first-order valence-corrected chi connectivity index (χ1v) is 6.74. The molecule has 20 heavy (non-hydrogen) atoms. The first kappa shape index (κ1) is 15.3. The molecule has 1 N–H and O–H groups in total. The molecule has 1 radical (unpaired) electrons. The van der Waals surface area contributed by atoms with Crippen LogP contribution in [0.3, 0.4) is 0 Å². The van der Waals surface area contributed by atoms with Crippen molar-refractivity contribution < 1.29 is 17.9 Å². The number of benzene rings is 1. The summed E-state index contributed by atoms with van der Waals surface area (Å²) in [4.78, 5) is 0. The predicted octanol–water partition coefficient (Wildman–Crippen LogP) is 4.00. The topological polar surface area (TPSA) is 21.3 Å². The molecule has 0 saturated carbocycles. The van der Waals surface area contributed by atoms with E-state index in [1.807, 2.05) is 0 Å². The molecule has 0 spiro atoms. The minimum absolute atomic E-state index is 0.258. The molecule has 1 aliphatic heterocycles. The molecule has 0 aliphatic carbocycles. The zero-order chi connectivity index (χ0) is 14.7. The van der Waals surface area contributed by atoms with Crippen LogP contribution in [0.2, 0.25) is 0 Å². The molecular weight excluding hydrogens is 267 g/mol. The molecule has 1 heterocycles. The SMILES string of the molecule is CC(N[C]1COC[C@H](C)C1)c1cccc(C(F)F)c1F. The summed E-state index contributed by atoms with van der Waals surface area (Å²) in [6.07, 6.45) is -1.94. The Bertz CT molecular complexity index is 453. The average molecular weight is 286 g/mol. The Hall–Kier alpha value is -1.07. The van der Waals surface area contributed by atoms with Crippen molar-refractivity contribution in [2.24, 2.45) is 5.92 Å². The maximum Gasteiger partial charge on any atom is 0.266 e. The third-order valence-corrected chi connectivity index (χ3v) is 3.45. The van der Waals surface area contributed by atoms with Gasteiger partial charge in [-0.2, -0.15) is 0 Å². The molecule has 1 saturated heterocycles. The van der Waals surface area contributed by atoms with E-state index < -0.39 is 17.8 Å². The maximum absolute atomic E-state index is 14.0. The van der Waals surface area contributed by atoms with Crippen LogP contribution < -0.4 is 5.32 Å². The number of hydrogen-bond donors (Lipinski definition) is 1. The van der Waals surface area contributed by atoms with Gasteiger partial charge in [-0.3, -0.25) is 0 Å². The summed E-state index contributed by atoms with van der Waals surface area (Å²) in [5.74, 6) is -0.413. The van der Waals surface area contributed by atoms with Gasteiger partial charge in [0.1, 0.15) is 5.82 Å². The van der Waals surface area contributed by atoms with Gasteiger partial charge in [0.15, 0.2) is 0 Å². The van der Waals surface area contributed by atoms with Crippen molar-refractivity contribution in [3.63, 3.8) is 0 Å². The van der Waals surface area contributed by atoms with E-state index in [2.05, 4.69) is 12.2 Å². The molecule has 2 atom stereocenters. The monoisotopic (exact) mass is 286 g/mol. The minimum Gasteiger partial charge on any atom is -0.379 e. The summed E-state index contributed by atoms with van der Waals surface area (Å²) >= 11 is 0. The third kappa shape index (κ3) is 3.52. The van der Waals surface area contributed by atoms with E-state index in [9.17, 15) is 13.2 Å². The van der Waals surface area contributed by atoms with Crippen LogP contribution in [-0.2, 0) is 4.74 Å². The van der Waals surface area contributed by atoms with Gasteiger partial charge in [0, 0.05) is 18.2 Å². The van der Waals surface area contributed by atoms with Crippen LogP contribution >= 0.6 is 0 Å². The van der Waals surface area contributed by atoms with Gasteiger partial charge >= 0.3 is 0 Å². The van der Waals surface area contributed by atoms with Crippen molar-refractivity contribution in [2.75, 3.05) is 13.2 Å². The summed E-state index contributed by atoms with van der Waals surface area (Å²) < 4.78 is 44.8. The van der Waals surface area contributed by atoms with Crippen molar-refractivity contribution >= 4 is 0 Å². The molecule has 2 nitrogen and oxygen atoms in total. The Morgan fingerprint density at radius 1 is 1.30 bits per heavy atom. The second-order valence-corrected chi connectivity index (χ2v) is 5.35. The van der Waals surface area contributed by atoms with Gasteiger partial charge in [-0.25, -0.2) is 13.2 Å². The highest BCUT2D eigenvalue weighted by atomic mass is 19.3. The number of nitrogens with one attached hydrogen (secondary N) is 1. The van der Waals surface area contributed by atoms with Crippen molar-refractivity contribution in [1.82, 2.24) is 5.32 Å². The lowest BCUT2D eigenvalue weighted by molar-refractivity contribution is 0.0664. The fourth-order valence-electron chi connectivity index (χ4n) is 2.48. The Balaban J connectivity index is 2.09. The van der Waals surface area contributed by atoms with Crippen LogP contribution in [0.25, 0.3) is 0 Å². The highest BCUT2D eigenvalue weighted by molar-refractivity contribution is 5.29. The lowest BCUT2D eigenvalue weighted by Gasteiger charge is -2.30. The van der Waals surface area contributed by atoms with Gasteiger partial charge in [-0.1, -0.05) is 25.1 Å². The smallest absolute Gasteiger partial charge is 0.266 e. The Kier molecular flexibility index (Phi) is 5.05. The molecule has 0 amide bonds. The van der Waals surface area contributed by atoms with Crippen LogP contribution in [0, 0.1) is 17.8 Å². The van der Waals surface area contributed by atoms with E-state index >= 15 is 0 Å². The highest BCUT2D eigenvalue weighted by Gasteiger charge is 2.24. The van der Waals surface area contributed by atoms with Gasteiger partial charge in [-0.05, 0) is 19.3 Å². The molecule has 0 bridgehead atoms. The molecule has 0 aromatic heterocycles. The normalized spacial score (nSPS) is 22.2. The molecular formula is C15H19F3NO. The minimum atomic E-state index is -2.80. The highest BCUT2D eigenvalue weighted by Crippen LogP contribution is 2.29. The second-order valence-electron chi connectivity index (χ2n) is 5.35. The van der Waals surface area contributed by atoms with E-state index in [0.717, 1.165) is 25.1 Å². The lowest BCUT2D eigenvalue weighted by atomic mass is 9.98. The zero-order valence-electron chi connectivity index (χ0n) is 11.6. The van der Waals surface area contributed by atoms with E-state index in [4.69, 9.17) is 4.74 Å². The van der Waals surface area contributed by atoms with Crippen molar-refractivity contribution in [2.45, 2.75) is 32.7 Å². The Morgan fingerprint density at radius 2 is 2.00 bits per heavy atom. The first-order chi connectivity index (χ1) is 9.49. The van der Waals surface area contributed by atoms with E-state index in [-0.39, 0.29) is 11.6 Å². The van der Waals surface area contributed by atoms with Gasteiger partial charge in [0.25, 0.3) is 6.43 Å². The molecule has 1 aliphatic rings. The van der Waals surface area contributed by atoms with Crippen molar-refractivity contribution in [1.29, 1.82) is 0 Å². The quantitative estimate of drug-likeness (QED) is 0.903. The number of alkyl halides is 2. The van der Waals surface area contributed by atoms with E-state index in [1.54, 1.807) is 6.92 Å². The molecule has 5 heteroatoms. The fourth-order valence-corrected chi connectivity index (χ4v) is 2.48. The number of halogens is 3. The van der Waals surface area contributed by atoms with Crippen molar-refractivity contribution in [3.8, 4) is 0 Å². The molecule has 2 rings (SSSR count).